The third-order valence-electron chi connectivity index (χ3n) is 14.9. The van der Waals surface area contributed by atoms with Crippen LogP contribution in [0.1, 0.15) is 58.4 Å². The largest absolute Gasteiger partial charge is 2.00 e. The minimum absolute atomic E-state index is 0. The van der Waals surface area contributed by atoms with Gasteiger partial charge in [0, 0.05) is 51.5 Å². The number of hydrogen-bond donors (Lipinski definition) is 0. The third-order valence-corrected chi connectivity index (χ3v) is 25.3. The summed E-state index contributed by atoms with van der Waals surface area (Å²) in [4.78, 5) is 0. The standard InChI is InChI=1S/2C35H35P2.2C5H5.2ClH.2Fe.2Ir/c2*1-25-19-26(2)22-32(21-25)36(33-23-27(3)20-28(4)24-33)29(5)34-17-12-18-35(34)37(30-13-8-6-9-14-30)31-15-10-7-11-16-31;2*1-2-4-5-3-1;;;;;;/h2*6-24,29H,1-5H3;2*1-5H;2*1H;;;;/q;;;;;;2*+2;;/p-2. The molecule has 12 rings (SSSR count). The molecule has 90 heavy (non-hydrogen) atoms. The maximum atomic E-state index is 2.46. The molecule has 4 saturated carbocycles. The maximum absolute atomic E-state index is 2.46. The monoisotopic (exact) mass is 1730 g/mol. The van der Waals surface area contributed by atoms with Gasteiger partial charge in [-0.15, -0.1) is 0 Å². The van der Waals surface area contributed by atoms with Gasteiger partial charge in [-0.2, -0.15) is 0 Å². The van der Waals surface area contributed by atoms with Crippen LogP contribution < -0.4 is 67.3 Å². The first-order valence-corrected chi connectivity index (χ1v) is 34.9. The van der Waals surface area contributed by atoms with Gasteiger partial charge in [-0.05, 0) is 255 Å². The normalized spacial score (nSPS) is 15.4. The van der Waals surface area contributed by atoms with Gasteiger partial charge in [-0.1, -0.05) is 252 Å². The fourth-order valence-corrected chi connectivity index (χ4v) is 23.0. The first-order chi connectivity index (χ1) is 40.8. The summed E-state index contributed by atoms with van der Waals surface area (Å²) in [6.07, 6.45) is 34.1. The van der Waals surface area contributed by atoms with E-state index in [1.165, 1.54) is 110 Å². The molecule has 0 aliphatic heterocycles. The van der Waals surface area contributed by atoms with E-state index in [4.69, 9.17) is 0 Å². The predicted octanol–water partition coefficient (Wildman–Crippen LogP) is 11.3. The van der Waals surface area contributed by atoms with Crippen LogP contribution in [0.15, 0.2) is 194 Å². The van der Waals surface area contributed by atoms with Gasteiger partial charge in [0.25, 0.3) is 0 Å². The summed E-state index contributed by atoms with van der Waals surface area (Å²) in [7, 11) is -2.47. The Hall–Kier alpha value is -1.60. The van der Waals surface area contributed by atoms with Crippen molar-refractivity contribution < 1.29 is 99.2 Å². The van der Waals surface area contributed by atoms with Crippen LogP contribution in [-0.4, -0.2) is 11.3 Å². The van der Waals surface area contributed by atoms with Crippen LogP contribution in [0.4, 0.5) is 0 Å². The second-order valence-electron chi connectivity index (χ2n) is 22.1. The first-order valence-electron chi connectivity index (χ1n) is 29.4. The van der Waals surface area contributed by atoms with E-state index < -0.39 is 31.7 Å². The van der Waals surface area contributed by atoms with Gasteiger partial charge < -0.3 is 24.8 Å². The smallest absolute Gasteiger partial charge is 1.00 e. The van der Waals surface area contributed by atoms with E-state index in [-0.39, 0.29) is 99.2 Å². The Balaban J connectivity index is 0.000000383. The molecule has 4 aliphatic carbocycles. The molecule has 0 bridgehead atoms. The van der Waals surface area contributed by atoms with Gasteiger partial charge in [0.15, 0.2) is 0 Å². The van der Waals surface area contributed by atoms with Crippen LogP contribution in [-0.2, 0) is 74.3 Å². The van der Waals surface area contributed by atoms with Crippen molar-refractivity contribution in [3.05, 3.63) is 365 Å². The van der Waals surface area contributed by atoms with Crippen LogP contribution in [0, 0.1) is 181 Å². The summed E-state index contributed by atoms with van der Waals surface area (Å²) in [5, 5.41) is 11.5. The number of benzene rings is 8. The van der Waals surface area contributed by atoms with Crippen LogP contribution in [0.25, 0.3) is 0 Å². The first kappa shape index (κ1) is 82.6. The predicted molar refractivity (Wildman–Crippen MR) is 375 cm³/mol. The summed E-state index contributed by atoms with van der Waals surface area (Å²) < 4.78 is 0. The van der Waals surface area contributed by atoms with Gasteiger partial charge in [-0.3, -0.25) is 0 Å². The Morgan fingerprint density at radius 2 is 0.433 bits per heavy atom. The molecule has 2 unspecified atom stereocenters. The molecule has 4 aliphatic rings. The van der Waals surface area contributed by atoms with Crippen LogP contribution >= 0.6 is 31.7 Å². The summed E-state index contributed by atoms with van der Waals surface area (Å²) in [5.41, 5.74) is 14.5. The second kappa shape index (κ2) is 42.2. The number of aryl methyl sites for hydroxylation is 8. The molecule has 0 heterocycles. The summed E-state index contributed by atoms with van der Waals surface area (Å²) in [5.74, 6) is 2.98. The molecule has 4 fully saturated rings. The van der Waals surface area contributed by atoms with E-state index in [2.05, 4.69) is 302 Å². The van der Waals surface area contributed by atoms with Crippen molar-refractivity contribution in [2.75, 3.05) is 0 Å². The molecular weight excluding hydrogens is 1650 g/mol. The molecule has 0 N–H and O–H groups in total. The van der Waals surface area contributed by atoms with Gasteiger partial charge in [0.1, 0.15) is 0 Å². The molecule has 466 valence electrons. The van der Waals surface area contributed by atoms with E-state index in [0.717, 1.165) is 0 Å². The summed E-state index contributed by atoms with van der Waals surface area (Å²) in [6, 6.07) is 72.9. The molecule has 0 aromatic heterocycles. The maximum Gasteiger partial charge on any atom is 2.00 e. The molecule has 0 amide bonds. The van der Waals surface area contributed by atoms with Gasteiger partial charge in [0.2, 0.25) is 0 Å². The molecule has 22 radical (unpaired) electrons. The fourth-order valence-electron chi connectivity index (χ4n) is 11.6. The van der Waals surface area contributed by atoms with Crippen molar-refractivity contribution in [1.82, 2.24) is 0 Å². The molecule has 8 aromatic carbocycles. The van der Waals surface area contributed by atoms with Crippen molar-refractivity contribution in [2.45, 2.75) is 80.6 Å². The molecule has 0 nitrogen and oxygen atoms in total. The third kappa shape index (κ3) is 23.3. The second-order valence-corrected chi connectivity index (χ2v) is 31.6. The topological polar surface area (TPSA) is 0 Å². The quantitative estimate of drug-likeness (QED) is 0.0752. The van der Waals surface area contributed by atoms with Crippen molar-refractivity contribution in [2.24, 2.45) is 0 Å². The average Bonchev–Trinajstić information content (AvgIpc) is 1.41. The molecule has 8 aromatic rings. The van der Waals surface area contributed by atoms with Crippen molar-refractivity contribution in [1.29, 1.82) is 0 Å². The van der Waals surface area contributed by atoms with Crippen LogP contribution in [0.3, 0.4) is 0 Å². The Labute approximate surface area is 612 Å². The average molecular weight is 1730 g/mol. The Bertz CT molecular complexity index is 2800. The Morgan fingerprint density at radius 3 is 0.622 bits per heavy atom. The minimum atomic E-state index is -0.639. The molecule has 2 atom stereocenters. The van der Waals surface area contributed by atoms with Crippen molar-refractivity contribution >= 4 is 74.1 Å². The Kier molecular flexibility index (Phi) is 38.7. The summed E-state index contributed by atoms with van der Waals surface area (Å²) in [6.45, 7) is 22.8. The summed E-state index contributed by atoms with van der Waals surface area (Å²) >= 11 is 0. The van der Waals surface area contributed by atoms with E-state index >= 15 is 0 Å². The SMILES string of the molecule is Cc1cc(C)cc(P(c2cc(C)cc(C)c2)C(C)[C]2[CH][CH][CH][C]2P(c2ccccc2)c2ccccc2)c1.Cc1cc(C)cc(P(c2cc(C)cc(C)c2)C(C)[C]2[CH][CH][CH][C]2P(c2ccccc2)c2ccccc2)c1.[CH]1[CH][CH][CH][CH]1.[CH]1[CH][CH][CH][CH]1.[Cl-].[Cl-].[Fe+2].[Fe+2].[Ir].[Ir]. The van der Waals surface area contributed by atoms with Gasteiger partial charge in [-0.25, -0.2) is 0 Å². The number of hydrogen-bond acceptors (Lipinski definition) is 0. The minimum Gasteiger partial charge on any atom is -1.00 e. The van der Waals surface area contributed by atoms with E-state index in [0.29, 0.717) is 11.3 Å². The zero-order chi connectivity index (χ0) is 59.0. The van der Waals surface area contributed by atoms with E-state index in [1.54, 1.807) is 0 Å². The number of rotatable bonds is 14. The van der Waals surface area contributed by atoms with Crippen molar-refractivity contribution in [3.63, 3.8) is 0 Å². The molecule has 0 saturated heterocycles. The number of halogens is 2. The fraction of sp³-hybridized carbons (Fsp3) is 0.150. The molecular formula is C80H80Cl2Fe2Ir2P4+2. The molecule has 0 spiro atoms. The Morgan fingerprint density at radius 1 is 0.244 bits per heavy atom. The molecule has 10 heteroatoms. The van der Waals surface area contributed by atoms with Crippen molar-refractivity contribution in [3.8, 4) is 0 Å². The van der Waals surface area contributed by atoms with Gasteiger partial charge >= 0.3 is 34.1 Å². The van der Waals surface area contributed by atoms with Crippen LogP contribution in [0.5, 0.6) is 0 Å². The van der Waals surface area contributed by atoms with E-state index in [9.17, 15) is 0 Å². The van der Waals surface area contributed by atoms with Crippen LogP contribution in [0.2, 0.25) is 0 Å². The zero-order valence-corrected chi connectivity index (χ0v) is 64.9. The zero-order valence-electron chi connectivity index (χ0n) is 52.8. The van der Waals surface area contributed by atoms with Gasteiger partial charge in [0.05, 0.1) is 0 Å². The van der Waals surface area contributed by atoms with E-state index in [1.807, 2.05) is 64.2 Å².